The van der Waals surface area contributed by atoms with Crippen molar-refractivity contribution in [3.05, 3.63) is 16.3 Å². The zero-order chi connectivity index (χ0) is 16.8. The van der Waals surface area contributed by atoms with Crippen LogP contribution in [0.5, 0.6) is 5.88 Å². The molecule has 0 radical (unpaired) electrons. The summed E-state index contributed by atoms with van der Waals surface area (Å²) in [5.74, 6) is 0.208. The van der Waals surface area contributed by atoms with Crippen LogP contribution in [0.25, 0.3) is 10.9 Å². The van der Waals surface area contributed by atoms with Gasteiger partial charge in [-0.15, -0.1) is 0 Å². The molecule has 4 heterocycles. The Kier molecular flexibility index (Phi) is 4.12. The molecule has 4 rings (SSSR count). The quantitative estimate of drug-likeness (QED) is 0.550. The highest BCUT2D eigenvalue weighted by molar-refractivity contribution is 6.31. The first-order valence-corrected chi connectivity index (χ1v) is 9.01. The Bertz CT molecular complexity index is 803. The largest absolute Gasteiger partial charge is 0.472 e. The van der Waals surface area contributed by atoms with Crippen molar-refractivity contribution < 1.29 is 9.13 Å². The lowest BCUT2D eigenvalue weighted by Gasteiger charge is -2.33. The van der Waals surface area contributed by atoms with Crippen LogP contribution < -0.4 is 9.64 Å². The van der Waals surface area contributed by atoms with E-state index in [2.05, 4.69) is 26.8 Å². The van der Waals surface area contributed by atoms with Gasteiger partial charge in [-0.1, -0.05) is 31.4 Å². The number of ether oxygens (including phenoxy) is 1. The first-order valence-electron chi connectivity index (χ1n) is 8.25. The molecule has 8 heteroatoms. The fraction of sp³-hybridized carbons (Fsp3) is 0.562. The van der Waals surface area contributed by atoms with Gasteiger partial charge in [-0.05, 0) is 30.9 Å². The summed E-state index contributed by atoms with van der Waals surface area (Å²) in [4.78, 5) is 14.8. The zero-order valence-electron chi connectivity index (χ0n) is 13.2. The molecule has 0 N–H and O–H groups in total. The Morgan fingerprint density at radius 2 is 2.04 bits per heavy atom. The van der Waals surface area contributed by atoms with Crippen LogP contribution in [-0.4, -0.2) is 33.6 Å². The number of fused-ring (bicyclic) bond motifs is 2. The normalized spacial score (nSPS) is 23.4. The molecule has 0 saturated carbocycles. The topological polar surface area (TPSA) is 51.1 Å². The smallest absolute Gasteiger partial charge is 0.228 e. The summed E-state index contributed by atoms with van der Waals surface area (Å²) in [6.07, 6.45) is 5.08. The Morgan fingerprint density at radius 3 is 2.83 bits per heavy atom. The maximum atomic E-state index is 14.5. The third-order valence-corrected chi connectivity index (χ3v) is 5.25. The van der Waals surface area contributed by atoms with Crippen LogP contribution in [-0.2, 0) is 0 Å². The van der Waals surface area contributed by atoms with Crippen molar-refractivity contribution in [3.63, 3.8) is 0 Å². The first-order chi connectivity index (χ1) is 11.6. The van der Waals surface area contributed by atoms with Crippen LogP contribution in [0.1, 0.15) is 39.0 Å². The third kappa shape index (κ3) is 2.47. The number of aromatic nitrogens is 3. The molecule has 24 heavy (non-hydrogen) atoms. The Balaban J connectivity index is 2.03. The van der Waals surface area contributed by atoms with Crippen molar-refractivity contribution >= 4 is 39.9 Å². The minimum Gasteiger partial charge on any atom is -0.472 e. The summed E-state index contributed by atoms with van der Waals surface area (Å²) in [7, 11) is 0. The molecule has 2 aliphatic rings. The molecule has 0 aliphatic carbocycles. The Labute approximate surface area is 149 Å². The number of anilines is 1. The van der Waals surface area contributed by atoms with Crippen LogP contribution in [0.2, 0.25) is 10.4 Å². The predicted octanol–water partition coefficient (Wildman–Crippen LogP) is 4.39. The van der Waals surface area contributed by atoms with Gasteiger partial charge >= 0.3 is 0 Å². The van der Waals surface area contributed by atoms with E-state index in [1.807, 2.05) is 0 Å². The summed E-state index contributed by atoms with van der Waals surface area (Å²) >= 11 is 12.0. The highest BCUT2D eigenvalue weighted by atomic mass is 35.5. The second-order valence-corrected chi connectivity index (χ2v) is 6.93. The summed E-state index contributed by atoms with van der Waals surface area (Å²) in [6, 6.07) is 0.155. The van der Waals surface area contributed by atoms with Crippen molar-refractivity contribution in [1.82, 2.24) is 15.0 Å². The monoisotopic (exact) mass is 370 g/mol. The van der Waals surface area contributed by atoms with Crippen molar-refractivity contribution in [1.29, 1.82) is 0 Å². The van der Waals surface area contributed by atoms with Gasteiger partial charge in [-0.2, -0.15) is 9.97 Å². The average molecular weight is 371 g/mol. The average Bonchev–Trinajstić information content (AvgIpc) is 2.87. The molecule has 1 fully saturated rings. The van der Waals surface area contributed by atoms with E-state index in [1.165, 1.54) is 0 Å². The van der Waals surface area contributed by atoms with Crippen molar-refractivity contribution in [2.75, 3.05) is 11.4 Å². The Morgan fingerprint density at radius 1 is 1.21 bits per heavy atom. The lowest BCUT2D eigenvalue weighted by atomic mass is 10.0. The second-order valence-electron chi connectivity index (χ2n) is 6.24. The summed E-state index contributed by atoms with van der Waals surface area (Å²) in [6.45, 7) is 2.90. The number of hydrogen-bond donors (Lipinski definition) is 0. The number of halogens is 3. The van der Waals surface area contributed by atoms with Gasteiger partial charge in [0.05, 0.1) is 6.04 Å². The van der Waals surface area contributed by atoms with Crippen molar-refractivity contribution in [2.45, 2.75) is 51.2 Å². The van der Waals surface area contributed by atoms with Crippen LogP contribution in [0, 0.1) is 5.82 Å². The molecule has 1 saturated heterocycles. The molecule has 0 amide bonds. The van der Waals surface area contributed by atoms with E-state index in [4.69, 9.17) is 27.9 Å². The molecule has 2 aromatic rings. The SMILES string of the molecule is CC[C@@H]1Oc2nc(Cl)c(F)c3nc(Cl)nc(c23)N2CCCCC[C@@H]12. The standard InChI is InChI=1S/C16H17Cl2FN4O/c1-2-9-8-6-4-3-5-7-23(8)14-10-12(20-16(18)22-14)11(19)13(17)21-15(10)24-9/h8-9H,2-7H2,1H3/t8-,9-/m0/s1. The molecule has 0 spiro atoms. The number of pyridine rings is 1. The van der Waals surface area contributed by atoms with Crippen LogP contribution in [0.4, 0.5) is 10.2 Å². The minimum atomic E-state index is -0.689. The van der Waals surface area contributed by atoms with Crippen LogP contribution in [0.15, 0.2) is 0 Å². The molecule has 2 aliphatic heterocycles. The van der Waals surface area contributed by atoms with Crippen molar-refractivity contribution in [2.24, 2.45) is 0 Å². The summed E-state index contributed by atoms with van der Waals surface area (Å²) < 4.78 is 20.6. The fourth-order valence-corrected chi connectivity index (χ4v) is 4.05. The first kappa shape index (κ1) is 16.1. The van der Waals surface area contributed by atoms with Gasteiger partial charge in [0, 0.05) is 6.54 Å². The van der Waals surface area contributed by atoms with E-state index in [9.17, 15) is 4.39 Å². The van der Waals surface area contributed by atoms with E-state index in [0.29, 0.717) is 17.1 Å². The lowest BCUT2D eigenvalue weighted by Crippen LogP contribution is -2.45. The predicted molar refractivity (Wildman–Crippen MR) is 91.6 cm³/mol. The second kappa shape index (κ2) is 6.15. The van der Waals surface area contributed by atoms with Gasteiger partial charge in [0.15, 0.2) is 11.0 Å². The van der Waals surface area contributed by atoms with E-state index in [1.54, 1.807) is 0 Å². The molecular weight excluding hydrogens is 354 g/mol. The third-order valence-electron chi connectivity index (χ3n) is 4.83. The van der Waals surface area contributed by atoms with Crippen LogP contribution >= 0.6 is 23.2 Å². The molecule has 0 aromatic carbocycles. The molecular formula is C16H17Cl2FN4O. The minimum absolute atomic E-state index is 0.00237. The summed E-state index contributed by atoms with van der Waals surface area (Å²) in [5, 5.41) is 0.205. The maximum absolute atomic E-state index is 14.5. The molecule has 2 atom stereocenters. The van der Waals surface area contributed by atoms with E-state index in [0.717, 1.165) is 38.6 Å². The van der Waals surface area contributed by atoms with Gasteiger partial charge in [-0.3, -0.25) is 0 Å². The highest BCUT2D eigenvalue weighted by Gasteiger charge is 2.37. The number of hydrogen-bond acceptors (Lipinski definition) is 5. The molecule has 0 unspecified atom stereocenters. The van der Waals surface area contributed by atoms with Gasteiger partial charge in [0.2, 0.25) is 11.2 Å². The van der Waals surface area contributed by atoms with Gasteiger partial charge in [0.1, 0.15) is 22.8 Å². The molecule has 5 nitrogen and oxygen atoms in total. The van der Waals surface area contributed by atoms with Gasteiger partial charge in [-0.25, -0.2) is 9.37 Å². The molecule has 2 aromatic heterocycles. The highest BCUT2D eigenvalue weighted by Crippen LogP contribution is 2.41. The lowest BCUT2D eigenvalue weighted by molar-refractivity contribution is 0.157. The number of nitrogens with zero attached hydrogens (tertiary/aromatic N) is 4. The summed E-state index contributed by atoms with van der Waals surface area (Å²) in [5.41, 5.74) is 0.0692. The zero-order valence-corrected chi connectivity index (χ0v) is 14.7. The molecule has 128 valence electrons. The Hall–Kier alpha value is -1.40. The van der Waals surface area contributed by atoms with E-state index >= 15 is 0 Å². The maximum Gasteiger partial charge on any atom is 0.228 e. The fourth-order valence-electron chi connectivity index (χ4n) is 3.72. The van der Waals surface area contributed by atoms with Crippen LogP contribution in [0.3, 0.4) is 0 Å². The molecule has 0 bridgehead atoms. The number of rotatable bonds is 1. The van der Waals surface area contributed by atoms with Crippen molar-refractivity contribution in [3.8, 4) is 5.88 Å². The van der Waals surface area contributed by atoms with Gasteiger partial charge in [0.25, 0.3) is 0 Å². The van der Waals surface area contributed by atoms with E-state index < -0.39 is 5.82 Å². The van der Waals surface area contributed by atoms with Gasteiger partial charge < -0.3 is 9.64 Å². The van der Waals surface area contributed by atoms with E-state index in [-0.39, 0.29) is 28.1 Å².